The van der Waals surface area contributed by atoms with Gasteiger partial charge >= 0.3 is 0 Å². The van der Waals surface area contributed by atoms with E-state index in [0.717, 1.165) is 5.92 Å². The fourth-order valence-corrected chi connectivity index (χ4v) is 7.99. The lowest BCUT2D eigenvalue weighted by atomic mass is 9.39. The van der Waals surface area contributed by atoms with Crippen LogP contribution < -0.4 is 0 Å². The summed E-state index contributed by atoms with van der Waals surface area (Å²) in [5.41, 5.74) is 1.37. The van der Waals surface area contributed by atoms with Gasteiger partial charge in [-0.3, -0.25) is 0 Å². The second-order valence-corrected chi connectivity index (χ2v) is 10.2. The van der Waals surface area contributed by atoms with Crippen molar-refractivity contribution in [1.29, 1.82) is 0 Å². The Morgan fingerprint density at radius 3 is 1.90 bits per heavy atom. The molecule has 0 saturated heterocycles. The van der Waals surface area contributed by atoms with Gasteiger partial charge in [-0.15, -0.1) is 0 Å². The van der Waals surface area contributed by atoms with Crippen molar-refractivity contribution in [1.82, 2.24) is 0 Å². The Bertz CT molecular complexity index is 388. The van der Waals surface area contributed by atoms with Gasteiger partial charge in [-0.2, -0.15) is 0 Å². The van der Waals surface area contributed by atoms with Crippen molar-refractivity contribution in [3.05, 3.63) is 0 Å². The molecule has 5 aliphatic rings. The molecule has 5 rings (SSSR count). The highest BCUT2D eigenvalue weighted by atomic mass is 16.3. The molecule has 5 fully saturated rings. The molecule has 0 aliphatic heterocycles. The van der Waals surface area contributed by atoms with Crippen LogP contribution in [0.3, 0.4) is 0 Å². The predicted octanol–water partition coefficient (Wildman–Crippen LogP) is 5.31. The van der Waals surface area contributed by atoms with Gasteiger partial charge in [0.25, 0.3) is 0 Å². The highest BCUT2D eigenvalue weighted by Crippen LogP contribution is 2.71. The van der Waals surface area contributed by atoms with E-state index in [1.165, 1.54) is 77.0 Å². The standard InChI is InChI=1S/C20H34O/c1-18-9-15-10-19(2,12-18)14-20(11-15,13-18)17(21)16-7-5-3-4-6-8-16/h15-17,21H,3-14H2,1-2H3. The van der Waals surface area contributed by atoms with Crippen molar-refractivity contribution in [2.75, 3.05) is 0 Å². The van der Waals surface area contributed by atoms with Gasteiger partial charge < -0.3 is 5.11 Å². The summed E-state index contributed by atoms with van der Waals surface area (Å²) in [5, 5.41) is 11.4. The highest BCUT2D eigenvalue weighted by Gasteiger charge is 2.62. The molecule has 0 aromatic rings. The molecule has 21 heavy (non-hydrogen) atoms. The summed E-state index contributed by atoms with van der Waals surface area (Å²) in [6.07, 6.45) is 16.4. The fraction of sp³-hybridized carbons (Fsp3) is 1.00. The molecule has 0 aromatic heterocycles. The molecule has 5 saturated carbocycles. The third-order valence-electron chi connectivity index (χ3n) is 7.64. The average Bonchev–Trinajstić information content (AvgIpc) is 2.62. The van der Waals surface area contributed by atoms with Crippen LogP contribution in [0.15, 0.2) is 0 Å². The molecular weight excluding hydrogens is 256 g/mol. The maximum atomic E-state index is 11.4. The summed E-state index contributed by atoms with van der Waals surface area (Å²) in [5.74, 6) is 1.52. The molecule has 0 radical (unpaired) electrons. The molecule has 0 aromatic carbocycles. The Morgan fingerprint density at radius 2 is 1.38 bits per heavy atom. The van der Waals surface area contributed by atoms with E-state index in [1.807, 2.05) is 0 Å². The Morgan fingerprint density at radius 1 is 0.810 bits per heavy atom. The predicted molar refractivity (Wildman–Crippen MR) is 87.0 cm³/mol. The molecule has 120 valence electrons. The quantitative estimate of drug-likeness (QED) is 0.683. The first-order chi connectivity index (χ1) is 9.92. The zero-order valence-electron chi connectivity index (χ0n) is 14.2. The normalized spacial score (nSPS) is 51.9. The largest absolute Gasteiger partial charge is 0.392 e. The van der Waals surface area contributed by atoms with Crippen molar-refractivity contribution < 1.29 is 5.11 Å². The number of rotatable bonds is 2. The van der Waals surface area contributed by atoms with Crippen molar-refractivity contribution in [3.8, 4) is 0 Å². The van der Waals surface area contributed by atoms with Crippen LogP contribution in [0.25, 0.3) is 0 Å². The number of hydrogen-bond acceptors (Lipinski definition) is 1. The molecule has 0 spiro atoms. The zero-order chi connectivity index (χ0) is 14.7. The first-order valence-corrected chi connectivity index (χ1v) is 9.60. The van der Waals surface area contributed by atoms with Crippen molar-refractivity contribution in [2.24, 2.45) is 28.1 Å². The summed E-state index contributed by atoms with van der Waals surface area (Å²) in [4.78, 5) is 0. The van der Waals surface area contributed by atoms with Gasteiger partial charge in [0.2, 0.25) is 0 Å². The first-order valence-electron chi connectivity index (χ1n) is 9.60. The average molecular weight is 290 g/mol. The van der Waals surface area contributed by atoms with Gasteiger partial charge in [-0.1, -0.05) is 39.5 Å². The minimum Gasteiger partial charge on any atom is -0.392 e. The third-order valence-corrected chi connectivity index (χ3v) is 7.64. The van der Waals surface area contributed by atoms with Gasteiger partial charge in [0.1, 0.15) is 0 Å². The van der Waals surface area contributed by atoms with Crippen LogP contribution in [-0.2, 0) is 0 Å². The Hall–Kier alpha value is -0.0400. The summed E-state index contributed by atoms with van der Waals surface area (Å²) in [7, 11) is 0. The smallest absolute Gasteiger partial charge is 0.0625 e. The molecule has 5 aliphatic carbocycles. The second kappa shape index (κ2) is 4.73. The summed E-state index contributed by atoms with van der Waals surface area (Å²) in [6, 6.07) is 0. The number of hydrogen-bond donors (Lipinski definition) is 1. The SMILES string of the molecule is CC12CC3CC(C)(C1)CC(C(O)C1CCCCCC1)(C3)C2. The van der Waals surface area contributed by atoms with Crippen LogP contribution in [0.2, 0.25) is 0 Å². The van der Waals surface area contributed by atoms with E-state index in [9.17, 15) is 5.11 Å². The monoisotopic (exact) mass is 290 g/mol. The summed E-state index contributed by atoms with van der Waals surface area (Å²) < 4.78 is 0. The van der Waals surface area contributed by atoms with Gasteiger partial charge in [-0.25, -0.2) is 0 Å². The Kier molecular flexibility index (Phi) is 3.27. The maximum Gasteiger partial charge on any atom is 0.0625 e. The second-order valence-electron chi connectivity index (χ2n) is 10.2. The molecule has 0 heterocycles. The lowest BCUT2D eigenvalue weighted by molar-refractivity contribution is -0.197. The van der Waals surface area contributed by atoms with Crippen molar-refractivity contribution >= 4 is 0 Å². The van der Waals surface area contributed by atoms with Gasteiger partial charge in [0.15, 0.2) is 0 Å². The minimum absolute atomic E-state index is 0.00218. The molecule has 3 unspecified atom stereocenters. The number of aliphatic hydroxyl groups is 1. The van der Waals surface area contributed by atoms with Crippen LogP contribution in [0.5, 0.6) is 0 Å². The van der Waals surface area contributed by atoms with Crippen molar-refractivity contribution in [2.45, 2.75) is 97.0 Å². The zero-order valence-corrected chi connectivity index (χ0v) is 14.2. The van der Waals surface area contributed by atoms with Gasteiger partial charge in [-0.05, 0) is 79.4 Å². The maximum absolute atomic E-state index is 11.4. The highest BCUT2D eigenvalue weighted by molar-refractivity contribution is 5.13. The summed E-state index contributed by atoms with van der Waals surface area (Å²) >= 11 is 0. The molecule has 1 N–H and O–H groups in total. The number of aliphatic hydroxyl groups excluding tert-OH is 1. The topological polar surface area (TPSA) is 20.2 Å². The van der Waals surface area contributed by atoms with Gasteiger partial charge in [0, 0.05) is 0 Å². The van der Waals surface area contributed by atoms with Crippen LogP contribution >= 0.6 is 0 Å². The van der Waals surface area contributed by atoms with E-state index in [-0.39, 0.29) is 11.5 Å². The third kappa shape index (κ3) is 2.38. The van der Waals surface area contributed by atoms with E-state index in [4.69, 9.17) is 0 Å². The molecular formula is C20H34O. The van der Waals surface area contributed by atoms with Crippen LogP contribution in [0.4, 0.5) is 0 Å². The summed E-state index contributed by atoms with van der Waals surface area (Å²) in [6.45, 7) is 5.06. The molecule has 4 bridgehead atoms. The fourth-order valence-electron chi connectivity index (χ4n) is 7.99. The minimum atomic E-state index is -0.00218. The van der Waals surface area contributed by atoms with E-state index in [2.05, 4.69) is 13.8 Å². The molecule has 1 nitrogen and oxygen atoms in total. The Balaban J connectivity index is 1.61. The van der Waals surface area contributed by atoms with E-state index in [0.29, 0.717) is 16.7 Å². The van der Waals surface area contributed by atoms with Crippen LogP contribution in [-0.4, -0.2) is 11.2 Å². The van der Waals surface area contributed by atoms with Crippen LogP contribution in [0.1, 0.15) is 90.9 Å². The van der Waals surface area contributed by atoms with Gasteiger partial charge in [0.05, 0.1) is 6.10 Å². The molecule has 0 amide bonds. The Labute approximate surface area is 130 Å². The van der Waals surface area contributed by atoms with E-state index < -0.39 is 0 Å². The lowest BCUT2D eigenvalue weighted by Crippen LogP contribution is -2.59. The lowest BCUT2D eigenvalue weighted by Gasteiger charge is -2.67. The van der Waals surface area contributed by atoms with Crippen molar-refractivity contribution in [3.63, 3.8) is 0 Å². The molecule has 3 atom stereocenters. The molecule has 1 heteroatoms. The first kappa shape index (κ1) is 14.5. The van der Waals surface area contributed by atoms with E-state index in [1.54, 1.807) is 0 Å². The van der Waals surface area contributed by atoms with Crippen LogP contribution in [0, 0.1) is 28.1 Å². The van der Waals surface area contributed by atoms with E-state index >= 15 is 0 Å².